The second-order valence-corrected chi connectivity index (χ2v) is 3.93. The number of hydrogen-bond donors (Lipinski definition) is 2. The lowest BCUT2D eigenvalue weighted by Gasteiger charge is -2.02. The number of hydrogen-bond acceptors (Lipinski definition) is 4. The Morgan fingerprint density at radius 1 is 1.31 bits per heavy atom. The van der Waals surface area contributed by atoms with Gasteiger partial charge in [-0.3, -0.25) is 0 Å². The summed E-state index contributed by atoms with van der Waals surface area (Å²) in [5, 5.41) is 8.30. The van der Waals surface area contributed by atoms with E-state index < -0.39 is 10.0 Å². The van der Waals surface area contributed by atoms with Gasteiger partial charge in [0.2, 0.25) is 0 Å². The summed E-state index contributed by atoms with van der Waals surface area (Å²) < 4.78 is 26.8. The summed E-state index contributed by atoms with van der Waals surface area (Å²) in [6, 6.07) is 5.64. The van der Waals surface area contributed by atoms with Crippen LogP contribution in [0.15, 0.2) is 29.2 Å². The maximum absolute atomic E-state index is 11.0. The largest absolute Gasteiger partial charge is 0.497 e. The van der Waals surface area contributed by atoms with Gasteiger partial charge in [0.1, 0.15) is 5.75 Å². The second-order valence-electron chi connectivity index (χ2n) is 2.27. The molecule has 0 fully saturated rings. The molecule has 0 amide bonds. The lowest BCUT2D eigenvalue weighted by atomic mass is 10.3. The van der Waals surface area contributed by atoms with Crippen molar-refractivity contribution < 1.29 is 18.4 Å². The highest BCUT2D eigenvalue weighted by molar-refractivity contribution is 7.89. The Balaban J connectivity index is 3.06. The zero-order valence-corrected chi connectivity index (χ0v) is 7.71. The smallest absolute Gasteiger partial charge is 0.262 e. The summed E-state index contributed by atoms with van der Waals surface area (Å²) in [7, 11) is -2.29. The third kappa shape index (κ3) is 2.18. The van der Waals surface area contributed by atoms with Crippen molar-refractivity contribution in [2.75, 3.05) is 7.11 Å². The summed E-state index contributed by atoms with van der Waals surface area (Å²) in [5.41, 5.74) is 0. The summed E-state index contributed by atoms with van der Waals surface area (Å²) in [4.78, 5) is 1.21. The van der Waals surface area contributed by atoms with Crippen molar-refractivity contribution in [3.05, 3.63) is 24.3 Å². The molecule has 2 N–H and O–H groups in total. The minimum Gasteiger partial charge on any atom is -0.497 e. The summed E-state index contributed by atoms with van der Waals surface area (Å²) in [6.45, 7) is 0. The highest BCUT2D eigenvalue weighted by Gasteiger charge is 2.11. The fourth-order valence-corrected chi connectivity index (χ4v) is 1.41. The van der Waals surface area contributed by atoms with E-state index in [1.807, 2.05) is 0 Å². The van der Waals surface area contributed by atoms with Gasteiger partial charge in [-0.1, -0.05) is 4.89 Å². The van der Waals surface area contributed by atoms with Crippen LogP contribution in [0.5, 0.6) is 5.75 Å². The van der Waals surface area contributed by atoms with Crippen molar-refractivity contribution in [3.63, 3.8) is 0 Å². The lowest BCUT2D eigenvalue weighted by Crippen LogP contribution is -2.19. The molecule has 1 aromatic rings. The van der Waals surface area contributed by atoms with E-state index in [2.05, 4.69) is 0 Å². The standard InChI is InChI=1S/C7H9NO4S/c1-12-6-2-4-7(5-3-6)13(10,11)8-9/h2-5,8-9H,1H3. The van der Waals surface area contributed by atoms with Crippen LogP contribution in [-0.4, -0.2) is 20.7 Å². The average molecular weight is 203 g/mol. The Bertz CT molecular complexity index is 370. The average Bonchev–Trinajstić information content (AvgIpc) is 2.18. The van der Waals surface area contributed by atoms with E-state index in [4.69, 9.17) is 9.94 Å². The van der Waals surface area contributed by atoms with Gasteiger partial charge in [-0.2, -0.15) is 0 Å². The van der Waals surface area contributed by atoms with E-state index in [1.54, 1.807) is 0 Å². The van der Waals surface area contributed by atoms with Gasteiger partial charge in [-0.25, -0.2) is 8.42 Å². The van der Waals surface area contributed by atoms with Crippen molar-refractivity contribution in [1.82, 2.24) is 4.89 Å². The van der Waals surface area contributed by atoms with Crippen molar-refractivity contribution in [3.8, 4) is 5.75 Å². The zero-order valence-electron chi connectivity index (χ0n) is 6.89. The van der Waals surface area contributed by atoms with Crippen LogP contribution >= 0.6 is 0 Å². The van der Waals surface area contributed by atoms with Crippen molar-refractivity contribution in [2.45, 2.75) is 4.90 Å². The molecule has 0 atom stereocenters. The zero-order chi connectivity index (χ0) is 9.90. The summed E-state index contributed by atoms with van der Waals surface area (Å²) >= 11 is 0. The van der Waals surface area contributed by atoms with Crippen molar-refractivity contribution in [1.29, 1.82) is 0 Å². The van der Waals surface area contributed by atoms with Gasteiger partial charge in [0.25, 0.3) is 10.0 Å². The number of sulfonamides is 1. The minimum atomic E-state index is -3.77. The quantitative estimate of drug-likeness (QED) is 0.695. The predicted molar refractivity (Wildman–Crippen MR) is 45.1 cm³/mol. The molecule has 0 saturated carbocycles. The van der Waals surface area contributed by atoms with Crippen LogP contribution in [0.4, 0.5) is 0 Å². The maximum atomic E-state index is 11.0. The van der Waals surface area contributed by atoms with E-state index in [0.717, 1.165) is 0 Å². The molecule has 13 heavy (non-hydrogen) atoms. The molecule has 1 rings (SSSR count). The van der Waals surface area contributed by atoms with Crippen molar-refractivity contribution >= 4 is 10.0 Å². The first-order valence-electron chi connectivity index (χ1n) is 3.40. The molecule has 0 heterocycles. The van der Waals surface area contributed by atoms with Crippen LogP contribution in [0.25, 0.3) is 0 Å². The van der Waals surface area contributed by atoms with Gasteiger partial charge in [-0.05, 0) is 24.3 Å². The predicted octanol–water partition coefficient (Wildman–Crippen LogP) is 0.363. The highest BCUT2D eigenvalue weighted by atomic mass is 32.2. The van der Waals surface area contributed by atoms with Gasteiger partial charge < -0.3 is 9.94 Å². The van der Waals surface area contributed by atoms with Gasteiger partial charge >= 0.3 is 0 Å². The van der Waals surface area contributed by atoms with E-state index in [0.29, 0.717) is 5.75 Å². The van der Waals surface area contributed by atoms with Crippen LogP contribution < -0.4 is 9.62 Å². The number of methoxy groups -OCH3 is 1. The molecule has 72 valence electrons. The number of ether oxygens (including phenoxy) is 1. The summed E-state index contributed by atoms with van der Waals surface area (Å²) in [6.07, 6.45) is 0. The molecule has 0 aliphatic carbocycles. The van der Waals surface area contributed by atoms with E-state index in [1.165, 1.54) is 36.3 Å². The maximum Gasteiger partial charge on any atom is 0.262 e. The molecule has 0 aliphatic rings. The van der Waals surface area contributed by atoms with Crippen LogP contribution in [0.2, 0.25) is 0 Å². The SMILES string of the molecule is COc1ccc(S(=O)(=O)NO)cc1. The van der Waals surface area contributed by atoms with Gasteiger partial charge in [0.15, 0.2) is 0 Å². The molecule has 0 saturated heterocycles. The first kappa shape index (κ1) is 9.97. The Kier molecular flexibility index (Phi) is 2.86. The molecule has 0 radical (unpaired) electrons. The Hall–Kier alpha value is -1.11. The topological polar surface area (TPSA) is 75.6 Å². The minimum absolute atomic E-state index is 0.0178. The van der Waals surface area contributed by atoms with E-state index >= 15 is 0 Å². The Morgan fingerprint density at radius 2 is 1.85 bits per heavy atom. The van der Waals surface area contributed by atoms with Crippen LogP contribution in [0, 0.1) is 0 Å². The fraction of sp³-hybridized carbons (Fsp3) is 0.143. The second kappa shape index (κ2) is 3.73. The fourth-order valence-electron chi connectivity index (χ4n) is 0.808. The molecule has 0 aliphatic heterocycles. The normalized spacial score (nSPS) is 11.2. The molecule has 6 heteroatoms. The lowest BCUT2D eigenvalue weighted by molar-refractivity contribution is 0.242. The van der Waals surface area contributed by atoms with E-state index in [-0.39, 0.29) is 4.90 Å². The first-order chi connectivity index (χ1) is 6.10. The number of nitrogens with one attached hydrogen (secondary N) is 1. The highest BCUT2D eigenvalue weighted by Crippen LogP contribution is 2.14. The third-order valence-electron chi connectivity index (χ3n) is 1.49. The van der Waals surface area contributed by atoms with Crippen LogP contribution in [-0.2, 0) is 10.0 Å². The van der Waals surface area contributed by atoms with Crippen LogP contribution in [0.3, 0.4) is 0 Å². The van der Waals surface area contributed by atoms with Crippen molar-refractivity contribution in [2.24, 2.45) is 0 Å². The number of rotatable bonds is 3. The monoisotopic (exact) mass is 203 g/mol. The third-order valence-corrected chi connectivity index (χ3v) is 2.62. The van der Waals surface area contributed by atoms with E-state index in [9.17, 15) is 8.42 Å². The number of benzene rings is 1. The first-order valence-corrected chi connectivity index (χ1v) is 4.88. The van der Waals surface area contributed by atoms with Gasteiger partial charge in [-0.15, -0.1) is 0 Å². The summed E-state index contributed by atoms with van der Waals surface area (Å²) in [5.74, 6) is 0.553. The molecule has 0 bridgehead atoms. The van der Waals surface area contributed by atoms with Gasteiger partial charge in [0, 0.05) is 0 Å². The van der Waals surface area contributed by atoms with Gasteiger partial charge in [0.05, 0.1) is 12.0 Å². The molecule has 5 nitrogen and oxygen atoms in total. The Labute approximate surface area is 76.0 Å². The molecular weight excluding hydrogens is 194 g/mol. The molecule has 0 spiro atoms. The molecule has 0 unspecified atom stereocenters. The molecule has 0 aromatic heterocycles. The Morgan fingerprint density at radius 3 is 2.23 bits per heavy atom. The molecular formula is C7H9NO4S. The molecule has 1 aromatic carbocycles. The van der Waals surface area contributed by atoms with Crippen LogP contribution in [0.1, 0.15) is 0 Å².